The molecule has 0 bridgehead atoms. The Labute approximate surface area is 155 Å². The zero-order chi connectivity index (χ0) is 19.1. The summed E-state index contributed by atoms with van der Waals surface area (Å²) in [5.74, 6) is 0.175. The van der Waals surface area contributed by atoms with E-state index in [1.165, 1.54) is 11.2 Å². The van der Waals surface area contributed by atoms with E-state index in [4.69, 9.17) is 4.74 Å². The maximum atomic E-state index is 13.0. The predicted octanol–water partition coefficient (Wildman–Crippen LogP) is 3.42. The van der Waals surface area contributed by atoms with Gasteiger partial charge in [-0.1, -0.05) is 43.7 Å². The third kappa shape index (κ3) is 3.48. The standard InChI is InChI=1S/C20H25NO4S/c1-14-7-9-17(10-8-14)26(23,24)21-12-16-6-5-11-20(3,4)19(18(16)13-21)25-15(2)22/h5-10,16H,11-13H2,1-4H3/t16-/m1/s1. The summed E-state index contributed by atoms with van der Waals surface area (Å²) < 4.78 is 33.1. The van der Waals surface area contributed by atoms with Crippen LogP contribution in [0, 0.1) is 18.3 Å². The second-order valence-corrected chi connectivity index (χ2v) is 9.62. The van der Waals surface area contributed by atoms with Gasteiger partial charge < -0.3 is 4.74 Å². The van der Waals surface area contributed by atoms with Gasteiger partial charge in [-0.2, -0.15) is 4.31 Å². The van der Waals surface area contributed by atoms with Crippen LogP contribution in [0.25, 0.3) is 0 Å². The molecule has 1 saturated heterocycles. The SMILES string of the molecule is CC(=O)OC1=C2CN(S(=O)(=O)c3ccc(C)cc3)C[C@H]2C=CCC1(C)C. The van der Waals surface area contributed by atoms with Crippen LogP contribution in [-0.2, 0) is 19.6 Å². The maximum Gasteiger partial charge on any atom is 0.307 e. The molecule has 0 N–H and O–H groups in total. The van der Waals surface area contributed by atoms with Gasteiger partial charge >= 0.3 is 5.97 Å². The Morgan fingerprint density at radius 1 is 1.23 bits per heavy atom. The van der Waals surface area contributed by atoms with Crippen LogP contribution in [0.3, 0.4) is 0 Å². The molecule has 140 valence electrons. The maximum absolute atomic E-state index is 13.0. The Balaban J connectivity index is 2.00. The molecule has 0 amide bonds. The third-order valence-electron chi connectivity index (χ3n) is 5.00. The van der Waals surface area contributed by atoms with Gasteiger partial charge in [-0.05, 0) is 31.1 Å². The number of aryl methyl sites for hydroxylation is 1. The highest BCUT2D eigenvalue weighted by molar-refractivity contribution is 7.89. The predicted molar refractivity (Wildman–Crippen MR) is 99.8 cm³/mol. The summed E-state index contributed by atoms with van der Waals surface area (Å²) in [5, 5.41) is 0. The molecular weight excluding hydrogens is 350 g/mol. The number of carbonyl (C=O) groups excluding carboxylic acids is 1. The van der Waals surface area contributed by atoms with Crippen molar-refractivity contribution in [1.82, 2.24) is 4.31 Å². The first kappa shape index (κ1) is 18.9. The van der Waals surface area contributed by atoms with Gasteiger partial charge in [0.05, 0.1) is 4.90 Å². The van der Waals surface area contributed by atoms with Gasteiger partial charge in [0.15, 0.2) is 0 Å². The third-order valence-corrected chi connectivity index (χ3v) is 6.83. The van der Waals surface area contributed by atoms with Crippen molar-refractivity contribution < 1.29 is 17.9 Å². The lowest BCUT2D eigenvalue weighted by atomic mass is 9.85. The largest absolute Gasteiger partial charge is 0.431 e. The molecule has 1 atom stereocenters. The summed E-state index contributed by atoms with van der Waals surface area (Å²) in [6.07, 6.45) is 4.85. The molecule has 1 fully saturated rings. The smallest absolute Gasteiger partial charge is 0.307 e. The first-order valence-electron chi connectivity index (χ1n) is 8.77. The highest BCUT2D eigenvalue weighted by atomic mass is 32.2. The van der Waals surface area contributed by atoms with Gasteiger partial charge in [0, 0.05) is 31.3 Å². The second kappa shape index (κ2) is 6.67. The van der Waals surface area contributed by atoms with Gasteiger partial charge in [-0.3, -0.25) is 4.79 Å². The first-order valence-corrected chi connectivity index (χ1v) is 10.2. The van der Waals surface area contributed by atoms with Crippen LogP contribution in [0.5, 0.6) is 0 Å². The lowest BCUT2D eigenvalue weighted by Gasteiger charge is -2.27. The summed E-state index contributed by atoms with van der Waals surface area (Å²) in [6.45, 7) is 7.95. The zero-order valence-corrected chi connectivity index (χ0v) is 16.5. The molecule has 1 aliphatic carbocycles. The summed E-state index contributed by atoms with van der Waals surface area (Å²) in [6, 6.07) is 6.88. The summed E-state index contributed by atoms with van der Waals surface area (Å²) in [4.78, 5) is 11.9. The summed E-state index contributed by atoms with van der Waals surface area (Å²) >= 11 is 0. The number of hydrogen-bond acceptors (Lipinski definition) is 4. The lowest BCUT2D eigenvalue weighted by molar-refractivity contribution is -0.138. The minimum Gasteiger partial charge on any atom is -0.431 e. The molecular formula is C20H25NO4S. The number of hydrogen-bond donors (Lipinski definition) is 0. The Morgan fingerprint density at radius 2 is 1.88 bits per heavy atom. The van der Waals surface area contributed by atoms with Gasteiger partial charge in [0.2, 0.25) is 10.0 Å². The molecule has 1 heterocycles. The van der Waals surface area contributed by atoms with E-state index in [1.807, 2.05) is 26.8 Å². The Kier molecular flexibility index (Phi) is 4.84. The molecule has 0 aromatic heterocycles. The fourth-order valence-electron chi connectivity index (χ4n) is 3.56. The molecule has 5 nitrogen and oxygen atoms in total. The van der Waals surface area contributed by atoms with Crippen LogP contribution in [-0.4, -0.2) is 31.8 Å². The minimum absolute atomic E-state index is 0.0636. The van der Waals surface area contributed by atoms with Crippen molar-refractivity contribution >= 4 is 16.0 Å². The van der Waals surface area contributed by atoms with Crippen LogP contribution >= 0.6 is 0 Å². The molecule has 6 heteroatoms. The monoisotopic (exact) mass is 375 g/mol. The van der Waals surface area contributed by atoms with E-state index < -0.39 is 10.0 Å². The number of allylic oxidation sites excluding steroid dienone is 2. The lowest BCUT2D eigenvalue weighted by Crippen LogP contribution is -2.29. The van der Waals surface area contributed by atoms with Crippen molar-refractivity contribution in [2.75, 3.05) is 13.1 Å². The van der Waals surface area contributed by atoms with Crippen LogP contribution in [0.15, 0.2) is 52.6 Å². The van der Waals surface area contributed by atoms with Crippen LogP contribution in [0.4, 0.5) is 0 Å². The van der Waals surface area contributed by atoms with Crippen LogP contribution in [0.1, 0.15) is 32.8 Å². The molecule has 2 aliphatic rings. The van der Waals surface area contributed by atoms with E-state index in [1.54, 1.807) is 24.3 Å². The number of rotatable bonds is 3. The number of carbonyl (C=O) groups is 1. The molecule has 0 radical (unpaired) electrons. The van der Waals surface area contributed by atoms with Crippen molar-refractivity contribution in [1.29, 1.82) is 0 Å². The van der Waals surface area contributed by atoms with E-state index in [0.717, 1.165) is 17.6 Å². The molecule has 0 unspecified atom stereocenters. The molecule has 0 saturated carbocycles. The average Bonchev–Trinajstić information content (AvgIpc) is 2.92. The fourth-order valence-corrected chi connectivity index (χ4v) is 5.01. The first-order chi connectivity index (χ1) is 12.1. The highest BCUT2D eigenvalue weighted by Gasteiger charge is 2.41. The van der Waals surface area contributed by atoms with Crippen molar-refractivity contribution in [3.05, 3.63) is 53.3 Å². The number of esters is 1. The average molecular weight is 375 g/mol. The number of fused-ring (bicyclic) bond motifs is 1. The fraction of sp³-hybridized carbons (Fsp3) is 0.450. The number of sulfonamides is 1. The zero-order valence-electron chi connectivity index (χ0n) is 15.7. The van der Waals surface area contributed by atoms with E-state index >= 15 is 0 Å². The summed E-state index contributed by atoms with van der Waals surface area (Å²) in [5.41, 5.74) is 1.55. The minimum atomic E-state index is -3.59. The van der Waals surface area contributed by atoms with Crippen LogP contribution < -0.4 is 0 Å². The van der Waals surface area contributed by atoms with Gasteiger partial charge in [0.25, 0.3) is 0 Å². The van der Waals surface area contributed by atoms with Crippen molar-refractivity contribution in [3.8, 4) is 0 Å². The quantitative estimate of drug-likeness (QED) is 0.600. The normalized spacial score (nSPS) is 22.8. The Morgan fingerprint density at radius 3 is 2.50 bits per heavy atom. The van der Waals surface area contributed by atoms with Crippen molar-refractivity contribution in [2.24, 2.45) is 11.3 Å². The topological polar surface area (TPSA) is 63.7 Å². The molecule has 3 rings (SSSR count). The summed E-state index contributed by atoms with van der Waals surface area (Å²) in [7, 11) is -3.59. The van der Waals surface area contributed by atoms with Crippen molar-refractivity contribution in [2.45, 2.75) is 39.0 Å². The van der Waals surface area contributed by atoms with E-state index in [2.05, 4.69) is 6.08 Å². The van der Waals surface area contributed by atoms with Gasteiger partial charge in [0.1, 0.15) is 5.76 Å². The number of nitrogens with zero attached hydrogens (tertiary/aromatic N) is 1. The second-order valence-electron chi connectivity index (χ2n) is 7.68. The molecule has 1 aromatic carbocycles. The highest BCUT2D eigenvalue weighted by Crippen LogP contribution is 2.42. The molecule has 26 heavy (non-hydrogen) atoms. The molecule has 0 spiro atoms. The van der Waals surface area contributed by atoms with Gasteiger partial charge in [-0.15, -0.1) is 0 Å². The van der Waals surface area contributed by atoms with E-state index in [0.29, 0.717) is 12.3 Å². The van der Waals surface area contributed by atoms with Gasteiger partial charge in [-0.25, -0.2) is 8.42 Å². The van der Waals surface area contributed by atoms with E-state index in [-0.39, 0.29) is 28.7 Å². The van der Waals surface area contributed by atoms with Crippen molar-refractivity contribution in [3.63, 3.8) is 0 Å². The molecule has 1 aliphatic heterocycles. The Hall–Kier alpha value is -1.92. The van der Waals surface area contributed by atoms with Crippen LogP contribution in [0.2, 0.25) is 0 Å². The Bertz CT molecular complexity index is 879. The number of ether oxygens (including phenoxy) is 1. The van der Waals surface area contributed by atoms with E-state index in [9.17, 15) is 13.2 Å². The number of benzene rings is 1. The molecule has 1 aromatic rings.